The van der Waals surface area contributed by atoms with Crippen LogP contribution in [-0.4, -0.2) is 29.1 Å². The zero-order valence-electron chi connectivity index (χ0n) is 11.6. The highest BCUT2D eigenvalue weighted by atomic mass is 32.1. The van der Waals surface area contributed by atoms with E-state index in [4.69, 9.17) is 9.47 Å². The lowest BCUT2D eigenvalue weighted by Crippen LogP contribution is -2.15. The molecular formula is C16H12N2O3S. The smallest absolute Gasteiger partial charge is 0.194 e. The van der Waals surface area contributed by atoms with E-state index in [2.05, 4.69) is 4.98 Å². The van der Waals surface area contributed by atoms with E-state index in [1.807, 2.05) is 35.8 Å². The number of nitrogens with zero attached hydrogens (tertiary/aromatic N) is 2. The van der Waals surface area contributed by atoms with Gasteiger partial charge in [0.2, 0.25) is 0 Å². The summed E-state index contributed by atoms with van der Waals surface area (Å²) in [5.74, 6) is 1.51. The second kappa shape index (κ2) is 5.31. The van der Waals surface area contributed by atoms with Gasteiger partial charge in [0.05, 0.1) is 11.4 Å². The number of aromatic nitrogens is 2. The van der Waals surface area contributed by atoms with Gasteiger partial charge in [-0.2, -0.15) is 0 Å². The Balaban J connectivity index is 1.71. The van der Waals surface area contributed by atoms with E-state index < -0.39 is 0 Å². The van der Waals surface area contributed by atoms with E-state index in [0.717, 1.165) is 34.2 Å². The second-order valence-electron chi connectivity index (χ2n) is 4.79. The van der Waals surface area contributed by atoms with E-state index in [-0.39, 0.29) is 0 Å². The summed E-state index contributed by atoms with van der Waals surface area (Å²) < 4.78 is 12.9. The first-order valence-corrected chi connectivity index (χ1v) is 7.71. The van der Waals surface area contributed by atoms with Crippen molar-refractivity contribution in [1.82, 2.24) is 9.55 Å². The summed E-state index contributed by atoms with van der Waals surface area (Å²) in [5.41, 5.74) is 2.40. The zero-order chi connectivity index (χ0) is 14.9. The van der Waals surface area contributed by atoms with Crippen LogP contribution in [0.25, 0.3) is 16.4 Å². The van der Waals surface area contributed by atoms with Gasteiger partial charge in [-0.1, -0.05) is 0 Å². The van der Waals surface area contributed by atoms with Crippen LogP contribution in [0.15, 0.2) is 41.9 Å². The molecule has 110 valence electrons. The summed E-state index contributed by atoms with van der Waals surface area (Å²) in [6, 6.07) is 9.38. The molecule has 1 aliphatic rings. The van der Waals surface area contributed by atoms with Gasteiger partial charge in [0.15, 0.2) is 22.9 Å². The SMILES string of the molecule is O=Cc1cccn1-c1nc(-c2ccc3c(c2)OCCO3)cs1. The Morgan fingerprint density at radius 1 is 1.18 bits per heavy atom. The van der Waals surface area contributed by atoms with Crippen LogP contribution in [0, 0.1) is 0 Å². The quantitative estimate of drug-likeness (QED) is 0.697. The molecule has 0 radical (unpaired) electrons. The fourth-order valence-electron chi connectivity index (χ4n) is 2.37. The molecule has 2 aromatic heterocycles. The summed E-state index contributed by atoms with van der Waals surface area (Å²) in [4.78, 5) is 15.6. The highest BCUT2D eigenvalue weighted by Gasteiger charge is 2.14. The lowest BCUT2D eigenvalue weighted by Gasteiger charge is -2.18. The monoisotopic (exact) mass is 312 g/mol. The van der Waals surface area contributed by atoms with Crippen molar-refractivity contribution in [2.75, 3.05) is 13.2 Å². The van der Waals surface area contributed by atoms with Crippen molar-refractivity contribution in [3.8, 4) is 27.9 Å². The average molecular weight is 312 g/mol. The molecule has 1 aliphatic heterocycles. The fraction of sp³-hybridized carbons (Fsp3) is 0.125. The Morgan fingerprint density at radius 3 is 2.91 bits per heavy atom. The Kier molecular flexibility index (Phi) is 3.16. The van der Waals surface area contributed by atoms with Gasteiger partial charge in [0, 0.05) is 17.1 Å². The number of hydrogen-bond donors (Lipinski definition) is 0. The van der Waals surface area contributed by atoms with Crippen LogP contribution >= 0.6 is 11.3 Å². The largest absolute Gasteiger partial charge is 0.486 e. The van der Waals surface area contributed by atoms with Crippen molar-refractivity contribution in [3.63, 3.8) is 0 Å². The van der Waals surface area contributed by atoms with Crippen LogP contribution in [-0.2, 0) is 0 Å². The van der Waals surface area contributed by atoms with E-state index in [1.165, 1.54) is 11.3 Å². The molecule has 0 fully saturated rings. The molecule has 0 unspecified atom stereocenters. The normalized spacial score (nSPS) is 13.1. The van der Waals surface area contributed by atoms with E-state index in [0.29, 0.717) is 18.9 Å². The van der Waals surface area contributed by atoms with E-state index in [9.17, 15) is 4.79 Å². The van der Waals surface area contributed by atoms with Crippen molar-refractivity contribution in [2.45, 2.75) is 0 Å². The van der Waals surface area contributed by atoms with E-state index in [1.54, 1.807) is 10.6 Å². The van der Waals surface area contributed by atoms with Crippen molar-refractivity contribution in [1.29, 1.82) is 0 Å². The third-order valence-corrected chi connectivity index (χ3v) is 4.28. The zero-order valence-corrected chi connectivity index (χ0v) is 12.4. The van der Waals surface area contributed by atoms with Crippen LogP contribution < -0.4 is 9.47 Å². The van der Waals surface area contributed by atoms with Gasteiger partial charge in [-0.25, -0.2) is 4.98 Å². The van der Waals surface area contributed by atoms with Crippen molar-refractivity contribution in [3.05, 3.63) is 47.6 Å². The summed E-state index contributed by atoms with van der Waals surface area (Å²) in [6.45, 7) is 1.14. The summed E-state index contributed by atoms with van der Waals surface area (Å²) in [7, 11) is 0. The molecule has 3 aromatic rings. The number of thiazole rings is 1. The van der Waals surface area contributed by atoms with Crippen molar-refractivity contribution < 1.29 is 14.3 Å². The molecule has 0 amide bonds. The predicted molar refractivity (Wildman–Crippen MR) is 83.3 cm³/mol. The molecule has 0 saturated carbocycles. The Bertz CT molecular complexity index is 838. The minimum Gasteiger partial charge on any atom is -0.486 e. The van der Waals surface area contributed by atoms with Gasteiger partial charge in [0.1, 0.15) is 13.2 Å². The molecule has 0 atom stereocenters. The number of ether oxygens (including phenoxy) is 2. The number of fused-ring (bicyclic) bond motifs is 1. The third kappa shape index (κ3) is 2.17. The lowest BCUT2D eigenvalue weighted by atomic mass is 10.1. The average Bonchev–Trinajstić information content (AvgIpc) is 3.22. The molecule has 0 saturated heterocycles. The van der Waals surface area contributed by atoms with Crippen LogP contribution in [0.3, 0.4) is 0 Å². The first-order chi connectivity index (χ1) is 10.8. The van der Waals surface area contributed by atoms with E-state index >= 15 is 0 Å². The van der Waals surface area contributed by atoms with Gasteiger partial charge in [0.25, 0.3) is 0 Å². The van der Waals surface area contributed by atoms with Crippen LogP contribution in [0.2, 0.25) is 0 Å². The van der Waals surface area contributed by atoms with Crippen LogP contribution in [0.4, 0.5) is 0 Å². The first kappa shape index (κ1) is 13.1. The number of aldehydes is 1. The number of hydrogen-bond acceptors (Lipinski definition) is 5. The maximum absolute atomic E-state index is 11.0. The van der Waals surface area contributed by atoms with Crippen LogP contribution in [0.1, 0.15) is 10.5 Å². The number of benzene rings is 1. The fourth-order valence-corrected chi connectivity index (χ4v) is 3.21. The molecule has 5 nitrogen and oxygen atoms in total. The maximum Gasteiger partial charge on any atom is 0.194 e. The standard InChI is InChI=1S/C16H12N2O3S/c19-9-12-2-1-5-18(12)16-17-13(10-22-16)11-3-4-14-15(8-11)21-7-6-20-14/h1-5,8-10H,6-7H2. The highest BCUT2D eigenvalue weighted by molar-refractivity contribution is 7.12. The van der Waals surface area contributed by atoms with Gasteiger partial charge >= 0.3 is 0 Å². The van der Waals surface area contributed by atoms with Crippen LogP contribution in [0.5, 0.6) is 11.5 Å². The molecule has 0 N–H and O–H groups in total. The Labute approximate surface area is 130 Å². The van der Waals surface area contributed by atoms with Gasteiger partial charge in [-0.15, -0.1) is 11.3 Å². The molecule has 0 bridgehead atoms. The van der Waals surface area contributed by atoms with Crippen molar-refractivity contribution in [2.24, 2.45) is 0 Å². The topological polar surface area (TPSA) is 53.4 Å². The lowest BCUT2D eigenvalue weighted by molar-refractivity contribution is 0.111. The van der Waals surface area contributed by atoms with Crippen molar-refractivity contribution >= 4 is 17.6 Å². The molecule has 0 spiro atoms. The summed E-state index contributed by atoms with van der Waals surface area (Å²) >= 11 is 1.49. The Morgan fingerprint density at radius 2 is 2.05 bits per heavy atom. The Hall–Kier alpha value is -2.60. The first-order valence-electron chi connectivity index (χ1n) is 6.83. The number of carbonyl (C=O) groups is 1. The number of rotatable bonds is 3. The second-order valence-corrected chi connectivity index (χ2v) is 5.63. The molecular weight excluding hydrogens is 300 g/mol. The highest BCUT2D eigenvalue weighted by Crippen LogP contribution is 2.35. The maximum atomic E-state index is 11.0. The molecule has 0 aliphatic carbocycles. The molecule has 6 heteroatoms. The third-order valence-electron chi connectivity index (χ3n) is 3.44. The minimum atomic E-state index is 0.560. The van der Waals surface area contributed by atoms with Gasteiger partial charge < -0.3 is 9.47 Å². The predicted octanol–water partition coefficient (Wildman–Crippen LogP) is 3.18. The summed E-state index contributed by atoms with van der Waals surface area (Å²) in [5, 5.41) is 2.73. The number of carbonyl (C=O) groups excluding carboxylic acids is 1. The molecule has 3 heterocycles. The molecule has 22 heavy (non-hydrogen) atoms. The van der Waals surface area contributed by atoms with Gasteiger partial charge in [-0.3, -0.25) is 9.36 Å². The summed E-state index contributed by atoms with van der Waals surface area (Å²) in [6.07, 6.45) is 2.65. The molecule has 1 aromatic carbocycles. The molecule has 4 rings (SSSR count). The van der Waals surface area contributed by atoms with Gasteiger partial charge in [-0.05, 0) is 30.3 Å². The minimum absolute atomic E-state index is 0.560.